The van der Waals surface area contributed by atoms with Crippen LogP contribution in [0.3, 0.4) is 0 Å². The number of rotatable bonds is 1. The lowest BCUT2D eigenvalue weighted by molar-refractivity contribution is 0.661. The van der Waals surface area contributed by atoms with Gasteiger partial charge in [-0.3, -0.25) is 0 Å². The molecule has 0 saturated heterocycles. The number of hydrogen-bond acceptors (Lipinski definition) is 4. The summed E-state index contributed by atoms with van der Waals surface area (Å²) in [5.74, 6) is 0.589. The van der Waals surface area contributed by atoms with Gasteiger partial charge in [-0.25, -0.2) is 14.6 Å². The molecule has 2 aromatic heterocycles. The zero-order valence-electron chi connectivity index (χ0n) is 9.30. The summed E-state index contributed by atoms with van der Waals surface area (Å²) in [7, 11) is 0. The third-order valence-corrected chi connectivity index (χ3v) is 3.04. The summed E-state index contributed by atoms with van der Waals surface area (Å²) in [5, 5.41) is 13.2. The molecule has 0 atom stereocenters. The summed E-state index contributed by atoms with van der Waals surface area (Å²) in [6.07, 6.45) is 7.38. The molecule has 17 heavy (non-hydrogen) atoms. The molecule has 0 spiro atoms. The second-order valence-electron chi connectivity index (χ2n) is 4.12. The number of fused-ring (bicyclic) bond motifs is 1. The molecule has 2 heterocycles. The van der Waals surface area contributed by atoms with Gasteiger partial charge in [-0.05, 0) is 37.3 Å². The van der Waals surface area contributed by atoms with Crippen LogP contribution in [0.25, 0.3) is 5.82 Å². The van der Waals surface area contributed by atoms with E-state index < -0.39 is 0 Å². The van der Waals surface area contributed by atoms with Crippen molar-refractivity contribution < 1.29 is 0 Å². The van der Waals surface area contributed by atoms with Crippen molar-refractivity contribution in [3.63, 3.8) is 0 Å². The molecule has 0 bridgehead atoms. The van der Waals surface area contributed by atoms with Crippen molar-refractivity contribution in [3.05, 3.63) is 35.5 Å². The Morgan fingerprint density at radius 1 is 1.29 bits per heavy atom. The summed E-state index contributed by atoms with van der Waals surface area (Å²) >= 11 is 0. The van der Waals surface area contributed by atoms with Crippen LogP contribution in [0, 0.1) is 11.3 Å². The summed E-state index contributed by atoms with van der Waals surface area (Å²) in [4.78, 5) is 8.45. The Balaban J connectivity index is 2.18. The minimum Gasteiger partial charge on any atom is -0.232 e. The van der Waals surface area contributed by atoms with E-state index in [9.17, 15) is 0 Å². The van der Waals surface area contributed by atoms with Crippen LogP contribution in [0.15, 0.2) is 18.7 Å². The number of aryl methyl sites for hydroxylation is 2. The number of nitrogens with zero attached hydrogens (tertiary/aromatic N) is 5. The molecular weight excluding hydrogens is 214 g/mol. The van der Waals surface area contributed by atoms with Gasteiger partial charge in [0.1, 0.15) is 18.7 Å². The van der Waals surface area contributed by atoms with Gasteiger partial charge < -0.3 is 0 Å². The van der Waals surface area contributed by atoms with Crippen LogP contribution in [0.4, 0.5) is 0 Å². The third kappa shape index (κ3) is 1.68. The molecule has 0 saturated carbocycles. The topological polar surface area (TPSA) is 67.4 Å². The van der Waals surface area contributed by atoms with Crippen LogP contribution in [0.1, 0.15) is 29.7 Å². The molecule has 5 heteroatoms. The fraction of sp³-hybridized carbons (Fsp3) is 0.333. The van der Waals surface area contributed by atoms with Gasteiger partial charge in [-0.2, -0.15) is 10.4 Å². The minimum absolute atomic E-state index is 0.566. The Labute approximate surface area is 98.7 Å². The van der Waals surface area contributed by atoms with E-state index in [-0.39, 0.29) is 0 Å². The summed E-state index contributed by atoms with van der Waals surface area (Å²) in [6.45, 7) is 0. The lowest BCUT2D eigenvalue weighted by Gasteiger charge is -2.16. The van der Waals surface area contributed by atoms with Crippen LogP contribution >= 0.6 is 0 Å². The highest BCUT2D eigenvalue weighted by molar-refractivity contribution is 5.47. The van der Waals surface area contributed by atoms with E-state index in [0.717, 1.165) is 18.5 Å². The molecule has 2 aromatic rings. The molecule has 0 N–H and O–H groups in total. The van der Waals surface area contributed by atoms with Crippen molar-refractivity contribution in [2.45, 2.75) is 25.7 Å². The monoisotopic (exact) mass is 225 g/mol. The van der Waals surface area contributed by atoms with Crippen molar-refractivity contribution in [1.82, 2.24) is 19.7 Å². The fourth-order valence-corrected chi connectivity index (χ4v) is 2.20. The number of aromatic nitrogens is 4. The van der Waals surface area contributed by atoms with E-state index in [0.29, 0.717) is 11.4 Å². The van der Waals surface area contributed by atoms with E-state index in [1.807, 2.05) is 6.07 Å². The summed E-state index contributed by atoms with van der Waals surface area (Å²) in [5.41, 5.74) is 2.87. The Bertz CT molecular complexity index is 580. The Hall–Kier alpha value is -2.22. The van der Waals surface area contributed by atoms with Crippen LogP contribution in [0.5, 0.6) is 0 Å². The first-order chi connectivity index (χ1) is 8.38. The second kappa shape index (κ2) is 3.98. The van der Waals surface area contributed by atoms with E-state index in [2.05, 4.69) is 21.1 Å². The molecule has 0 aromatic carbocycles. The van der Waals surface area contributed by atoms with Gasteiger partial charge >= 0.3 is 0 Å². The number of pyridine rings is 1. The Morgan fingerprint density at radius 3 is 2.94 bits per heavy atom. The largest absolute Gasteiger partial charge is 0.232 e. The first kappa shape index (κ1) is 9.97. The Kier molecular flexibility index (Phi) is 2.33. The third-order valence-electron chi connectivity index (χ3n) is 3.04. The zero-order chi connectivity index (χ0) is 11.7. The zero-order valence-corrected chi connectivity index (χ0v) is 9.30. The van der Waals surface area contributed by atoms with Crippen LogP contribution in [-0.2, 0) is 12.8 Å². The second-order valence-corrected chi connectivity index (χ2v) is 4.12. The minimum atomic E-state index is 0.566. The van der Waals surface area contributed by atoms with Gasteiger partial charge in [0.05, 0.1) is 5.56 Å². The Morgan fingerprint density at radius 2 is 2.18 bits per heavy atom. The predicted octanol–water partition coefficient (Wildman–Crippen LogP) is 1.41. The first-order valence-corrected chi connectivity index (χ1v) is 5.66. The molecule has 0 unspecified atom stereocenters. The van der Waals surface area contributed by atoms with Crippen molar-refractivity contribution >= 4 is 0 Å². The number of nitriles is 1. The quantitative estimate of drug-likeness (QED) is 0.736. The maximum atomic E-state index is 9.17. The molecule has 5 nitrogen and oxygen atoms in total. The van der Waals surface area contributed by atoms with Gasteiger partial charge in [0.2, 0.25) is 0 Å². The number of hydrogen-bond donors (Lipinski definition) is 0. The molecule has 1 aliphatic rings. The normalized spacial score (nSPS) is 14.1. The molecular formula is C12H11N5. The fourth-order valence-electron chi connectivity index (χ4n) is 2.20. The lowest BCUT2D eigenvalue weighted by Crippen LogP contribution is -2.11. The summed E-state index contributed by atoms with van der Waals surface area (Å²) < 4.78 is 1.55. The van der Waals surface area contributed by atoms with Crippen LogP contribution in [-0.4, -0.2) is 19.7 Å². The molecule has 0 amide bonds. The van der Waals surface area contributed by atoms with E-state index in [1.165, 1.54) is 24.7 Å². The molecule has 84 valence electrons. The van der Waals surface area contributed by atoms with Crippen molar-refractivity contribution in [2.75, 3.05) is 0 Å². The van der Waals surface area contributed by atoms with Crippen LogP contribution < -0.4 is 0 Å². The van der Waals surface area contributed by atoms with E-state index >= 15 is 0 Å². The van der Waals surface area contributed by atoms with Gasteiger partial charge in [0.25, 0.3) is 0 Å². The van der Waals surface area contributed by atoms with Gasteiger partial charge in [-0.1, -0.05) is 0 Å². The molecule has 0 aliphatic heterocycles. The lowest BCUT2D eigenvalue weighted by atomic mass is 9.95. The highest BCUT2D eigenvalue weighted by Gasteiger charge is 2.16. The highest BCUT2D eigenvalue weighted by Crippen LogP contribution is 2.23. The van der Waals surface area contributed by atoms with Gasteiger partial charge in [0.15, 0.2) is 5.82 Å². The highest BCUT2D eigenvalue weighted by atomic mass is 15.3. The van der Waals surface area contributed by atoms with Gasteiger partial charge in [0, 0.05) is 5.69 Å². The van der Waals surface area contributed by atoms with E-state index in [1.54, 1.807) is 11.0 Å². The maximum absolute atomic E-state index is 9.17. The van der Waals surface area contributed by atoms with Crippen molar-refractivity contribution in [3.8, 4) is 11.9 Å². The predicted molar refractivity (Wildman–Crippen MR) is 60.5 cm³/mol. The standard InChI is InChI=1S/C12H11N5/c13-6-10-5-9-3-1-2-4-11(9)16-12(10)17-8-14-7-15-17/h5,7-8H,1-4H2. The van der Waals surface area contributed by atoms with E-state index in [4.69, 9.17) is 5.26 Å². The van der Waals surface area contributed by atoms with Crippen LogP contribution in [0.2, 0.25) is 0 Å². The average Bonchev–Trinajstić information content (AvgIpc) is 2.91. The maximum Gasteiger partial charge on any atom is 0.173 e. The molecule has 0 radical (unpaired) electrons. The molecule has 0 fully saturated rings. The smallest absolute Gasteiger partial charge is 0.173 e. The van der Waals surface area contributed by atoms with Crippen molar-refractivity contribution in [2.24, 2.45) is 0 Å². The first-order valence-electron chi connectivity index (χ1n) is 5.66. The molecule has 1 aliphatic carbocycles. The average molecular weight is 225 g/mol. The SMILES string of the molecule is N#Cc1cc2c(nc1-n1cncn1)CCCC2. The summed E-state index contributed by atoms with van der Waals surface area (Å²) in [6, 6.07) is 4.13. The van der Waals surface area contributed by atoms with Gasteiger partial charge in [-0.15, -0.1) is 0 Å². The molecule has 3 rings (SSSR count). The van der Waals surface area contributed by atoms with Crippen molar-refractivity contribution in [1.29, 1.82) is 5.26 Å².